The predicted octanol–water partition coefficient (Wildman–Crippen LogP) is 1.45. The molecule has 6 nitrogen and oxygen atoms in total. The number of rotatable bonds is 7. The Morgan fingerprint density at radius 1 is 1.48 bits per heavy atom. The first kappa shape index (κ1) is 17.7. The van der Waals surface area contributed by atoms with E-state index in [1.807, 2.05) is 13.0 Å². The standard InChI is InChI=1S/C17H28N4O2/c1-3-6-15-19-13(2)11-16(20-15)21-9-4-7-14(12-21)17(23)18-8-5-10-22/h11,14,22H,3-10,12H2,1-2H3,(H,18,23)/t14-/m1/s1. The molecule has 1 saturated heterocycles. The molecule has 2 rings (SSSR count). The van der Waals surface area contributed by atoms with Crippen molar-refractivity contribution in [3.8, 4) is 0 Å². The topological polar surface area (TPSA) is 78.4 Å². The number of hydrogen-bond donors (Lipinski definition) is 2. The van der Waals surface area contributed by atoms with Crippen molar-refractivity contribution in [2.45, 2.75) is 46.0 Å². The minimum Gasteiger partial charge on any atom is -0.396 e. The number of nitrogens with one attached hydrogen (secondary N) is 1. The smallest absolute Gasteiger partial charge is 0.224 e. The van der Waals surface area contributed by atoms with Gasteiger partial charge < -0.3 is 15.3 Å². The molecule has 1 atom stereocenters. The first-order valence-corrected chi connectivity index (χ1v) is 8.62. The normalized spacial score (nSPS) is 18.0. The van der Waals surface area contributed by atoms with E-state index in [1.54, 1.807) is 0 Å². The molecule has 128 valence electrons. The molecule has 6 heteroatoms. The molecule has 0 aliphatic carbocycles. The summed E-state index contributed by atoms with van der Waals surface area (Å²) in [5.74, 6) is 1.90. The Kier molecular flexibility index (Phi) is 6.77. The molecule has 1 aromatic rings. The average Bonchev–Trinajstić information content (AvgIpc) is 2.55. The highest BCUT2D eigenvalue weighted by molar-refractivity contribution is 5.79. The lowest BCUT2D eigenvalue weighted by Gasteiger charge is -2.33. The Balaban J connectivity index is 2.01. The van der Waals surface area contributed by atoms with Crippen molar-refractivity contribution < 1.29 is 9.90 Å². The molecule has 0 unspecified atom stereocenters. The molecule has 0 spiro atoms. The van der Waals surface area contributed by atoms with Gasteiger partial charge in [0.25, 0.3) is 0 Å². The second-order valence-electron chi connectivity index (χ2n) is 6.19. The fourth-order valence-corrected chi connectivity index (χ4v) is 2.94. The van der Waals surface area contributed by atoms with Gasteiger partial charge in [-0.1, -0.05) is 6.92 Å². The van der Waals surface area contributed by atoms with E-state index in [4.69, 9.17) is 5.11 Å². The minimum absolute atomic E-state index is 0.00709. The van der Waals surface area contributed by atoms with Gasteiger partial charge in [0.2, 0.25) is 5.91 Å². The summed E-state index contributed by atoms with van der Waals surface area (Å²) in [7, 11) is 0. The molecule has 0 bridgehead atoms. The molecule has 2 N–H and O–H groups in total. The summed E-state index contributed by atoms with van der Waals surface area (Å²) < 4.78 is 0. The zero-order valence-corrected chi connectivity index (χ0v) is 14.2. The van der Waals surface area contributed by atoms with Gasteiger partial charge in [-0.15, -0.1) is 0 Å². The monoisotopic (exact) mass is 320 g/mol. The molecular formula is C17H28N4O2. The Morgan fingerprint density at radius 3 is 3.04 bits per heavy atom. The van der Waals surface area contributed by atoms with Crippen LogP contribution in [0.2, 0.25) is 0 Å². The highest BCUT2D eigenvalue weighted by Gasteiger charge is 2.26. The maximum Gasteiger partial charge on any atom is 0.224 e. The SMILES string of the molecule is CCCc1nc(C)cc(N2CCC[C@@H](C(=O)NCCCO)C2)n1. The Labute approximate surface area is 138 Å². The third kappa shape index (κ3) is 5.16. The molecule has 1 aliphatic heterocycles. The number of hydrogen-bond acceptors (Lipinski definition) is 5. The Bertz CT molecular complexity index is 521. The minimum atomic E-state index is -0.00709. The van der Waals surface area contributed by atoms with Crippen molar-refractivity contribution in [3.63, 3.8) is 0 Å². The van der Waals surface area contributed by atoms with E-state index >= 15 is 0 Å². The van der Waals surface area contributed by atoms with Crippen molar-refractivity contribution >= 4 is 11.7 Å². The lowest BCUT2D eigenvalue weighted by Crippen LogP contribution is -2.43. The van der Waals surface area contributed by atoms with Crippen LogP contribution in [0.4, 0.5) is 5.82 Å². The quantitative estimate of drug-likeness (QED) is 0.744. The zero-order valence-electron chi connectivity index (χ0n) is 14.2. The zero-order chi connectivity index (χ0) is 16.7. The van der Waals surface area contributed by atoms with E-state index in [-0.39, 0.29) is 18.4 Å². The second-order valence-corrected chi connectivity index (χ2v) is 6.19. The molecule has 23 heavy (non-hydrogen) atoms. The molecule has 1 amide bonds. The Hall–Kier alpha value is -1.69. The number of amides is 1. The van der Waals surface area contributed by atoms with Crippen molar-refractivity contribution in [1.82, 2.24) is 15.3 Å². The van der Waals surface area contributed by atoms with Gasteiger partial charge in [0.15, 0.2) is 0 Å². The molecule has 0 saturated carbocycles. The van der Waals surface area contributed by atoms with Gasteiger partial charge in [0.1, 0.15) is 11.6 Å². The van der Waals surface area contributed by atoms with Gasteiger partial charge in [-0.2, -0.15) is 0 Å². The maximum atomic E-state index is 12.2. The number of aryl methyl sites for hydroxylation is 2. The van der Waals surface area contributed by atoms with E-state index < -0.39 is 0 Å². The number of aliphatic hydroxyl groups excluding tert-OH is 1. The highest BCUT2D eigenvalue weighted by atomic mass is 16.3. The van der Waals surface area contributed by atoms with Crippen LogP contribution in [0, 0.1) is 12.8 Å². The first-order chi connectivity index (χ1) is 11.1. The van der Waals surface area contributed by atoms with Crippen LogP contribution in [-0.2, 0) is 11.2 Å². The molecule has 2 heterocycles. The van der Waals surface area contributed by atoms with Crippen LogP contribution in [0.1, 0.15) is 44.1 Å². The van der Waals surface area contributed by atoms with Crippen LogP contribution in [0.5, 0.6) is 0 Å². The number of carbonyl (C=O) groups excluding carboxylic acids is 1. The Morgan fingerprint density at radius 2 is 2.30 bits per heavy atom. The van der Waals surface area contributed by atoms with E-state index in [0.717, 1.165) is 49.6 Å². The van der Waals surface area contributed by atoms with Crippen molar-refractivity contribution in [1.29, 1.82) is 0 Å². The van der Waals surface area contributed by atoms with Crippen LogP contribution in [-0.4, -0.2) is 47.2 Å². The van der Waals surface area contributed by atoms with E-state index in [1.165, 1.54) is 0 Å². The first-order valence-electron chi connectivity index (χ1n) is 8.62. The number of piperidine rings is 1. The molecule has 1 aliphatic rings. The average molecular weight is 320 g/mol. The summed E-state index contributed by atoms with van der Waals surface area (Å²) in [5, 5.41) is 11.7. The van der Waals surface area contributed by atoms with E-state index in [2.05, 4.69) is 27.1 Å². The summed E-state index contributed by atoms with van der Waals surface area (Å²) >= 11 is 0. The fourth-order valence-electron chi connectivity index (χ4n) is 2.94. The van der Waals surface area contributed by atoms with Crippen LogP contribution in [0.3, 0.4) is 0 Å². The maximum absolute atomic E-state index is 12.2. The number of anilines is 1. The molecule has 1 fully saturated rings. The number of carbonyl (C=O) groups is 1. The van der Waals surface area contributed by atoms with Crippen LogP contribution in [0.15, 0.2) is 6.07 Å². The molecule has 0 aromatic carbocycles. The largest absolute Gasteiger partial charge is 0.396 e. The van der Waals surface area contributed by atoms with Gasteiger partial charge in [0, 0.05) is 44.4 Å². The van der Waals surface area contributed by atoms with Gasteiger partial charge >= 0.3 is 0 Å². The van der Waals surface area contributed by atoms with Crippen LogP contribution >= 0.6 is 0 Å². The van der Waals surface area contributed by atoms with E-state index in [0.29, 0.717) is 19.5 Å². The van der Waals surface area contributed by atoms with E-state index in [9.17, 15) is 4.79 Å². The van der Waals surface area contributed by atoms with Crippen LogP contribution < -0.4 is 10.2 Å². The highest BCUT2D eigenvalue weighted by Crippen LogP contribution is 2.22. The third-order valence-corrected chi connectivity index (χ3v) is 4.11. The lowest BCUT2D eigenvalue weighted by molar-refractivity contribution is -0.125. The summed E-state index contributed by atoms with van der Waals surface area (Å²) in [4.78, 5) is 23.6. The fraction of sp³-hybridized carbons (Fsp3) is 0.706. The van der Waals surface area contributed by atoms with Crippen molar-refractivity contribution in [3.05, 3.63) is 17.6 Å². The van der Waals surface area contributed by atoms with Crippen molar-refractivity contribution in [2.75, 3.05) is 31.1 Å². The van der Waals surface area contributed by atoms with Gasteiger partial charge in [-0.3, -0.25) is 4.79 Å². The number of nitrogens with zero attached hydrogens (tertiary/aromatic N) is 3. The number of aromatic nitrogens is 2. The summed E-state index contributed by atoms with van der Waals surface area (Å²) in [6.45, 7) is 6.40. The van der Waals surface area contributed by atoms with Gasteiger partial charge in [-0.05, 0) is 32.6 Å². The summed E-state index contributed by atoms with van der Waals surface area (Å²) in [6, 6.07) is 2.01. The third-order valence-electron chi connectivity index (χ3n) is 4.11. The molecule has 0 radical (unpaired) electrons. The summed E-state index contributed by atoms with van der Waals surface area (Å²) in [6.07, 6.45) is 4.41. The van der Waals surface area contributed by atoms with Gasteiger partial charge in [0.05, 0.1) is 5.92 Å². The lowest BCUT2D eigenvalue weighted by atomic mass is 9.97. The van der Waals surface area contributed by atoms with Crippen molar-refractivity contribution in [2.24, 2.45) is 5.92 Å². The molecular weight excluding hydrogens is 292 g/mol. The number of aliphatic hydroxyl groups is 1. The predicted molar refractivity (Wildman–Crippen MR) is 90.4 cm³/mol. The molecule has 1 aromatic heterocycles. The second kappa shape index (κ2) is 8.82. The van der Waals surface area contributed by atoms with Crippen LogP contribution in [0.25, 0.3) is 0 Å². The summed E-state index contributed by atoms with van der Waals surface area (Å²) in [5.41, 5.74) is 0.980. The van der Waals surface area contributed by atoms with Gasteiger partial charge in [-0.25, -0.2) is 9.97 Å².